The quantitative estimate of drug-likeness (QED) is 0.456. The minimum atomic E-state index is -0.826. The lowest BCUT2D eigenvalue weighted by Crippen LogP contribution is -2.43. The van der Waals surface area contributed by atoms with Gasteiger partial charge in [0, 0.05) is 23.2 Å². The molecule has 2 aromatic carbocycles. The Morgan fingerprint density at radius 1 is 1.11 bits per heavy atom. The van der Waals surface area contributed by atoms with Crippen LogP contribution in [0.2, 0.25) is 0 Å². The highest BCUT2D eigenvalue weighted by molar-refractivity contribution is 5.96. The number of ether oxygens (including phenoxy) is 4. The van der Waals surface area contributed by atoms with E-state index in [-0.39, 0.29) is 53.2 Å². The van der Waals surface area contributed by atoms with E-state index in [0.29, 0.717) is 17.5 Å². The number of aliphatic hydroxyl groups excluding tert-OH is 1. The molecule has 3 rings (SSSR count). The molecule has 0 radical (unpaired) electrons. The Morgan fingerprint density at radius 3 is 2.36 bits per heavy atom. The van der Waals surface area contributed by atoms with Gasteiger partial charge in [-0.2, -0.15) is 0 Å². The summed E-state index contributed by atoms with van der Waals surface area (Å²) in [5, 5.41) is 10.8. The minimum Gasteiger partial charge on any atom is -0.495 e. The fraction of sp³-hybridized carbons (Fsp3) is 0.500. The van der Waals surface area contributed by atoms with Crippen molar-refractivity contribution >= 4 is 12.1 Å². The van der Waals surface area contributed by atoms with Crippen molar-refractivity contribution in [2.24, 2.45) is 5.92 Å². The maximum Gasteiger partial charge on any atom is 0.415 e. The van der Waals surface area contributed by atoms with Gasteiger partial charge in [0.1, 0.15) is 23.7 Å². The molecule has 0 aliphatic carbocycles. The Balaban J connectivity index is 2.09. The van der Waals surface area contributed by atoms with Crippen molar-refractivity contribution in [1.82, 2.24) is 4.90 Å². The second kappa shape index (κ2) is 11.2. The predicted octanol–water partition coefficient (Wildman–Crippen LogP) is 6.16. The molecule has 0 saturated heterocycles. The fourth-order valence-corrected chi connectivity index (χ4v) is 4.52. The fourth-order valence-electron chi connectivity index (χ4n) is 4.52. The highest BCUT2D eigenvalue weighted by atomic mass is 16.6. The lowest BCUT2D eigenvalue weighted by Gasteiger charge is -2.30. The van der Waals surface area contributed by atoms with E-state index in [1.807, 2.05) is 54.5 Å². The SMILES string of the molecule is COc1c([C@@H](O)CC(C)C)ccc2c1C(=O)OCc1cc(C)cc(OC(=O)N(C(C)C)C(C)C)c1O2. The number of benzene rings is 2. The lowest BCUT2D eigenvalue weighted by molar-refractivity contribution is 0.0453. The van der Waals surface area contributed by atoms with Crippen LogP contribution in [0.15, 0.2) is 24.3 Å². The van der Waals surface area contributed by atoms with Gasteiger partial charge in [0.15, 0.2) is 11.5 Å². The first kappa shape index (κ1) is 27.3. The van der Waals surface area contributed by atoms with Crippen LogP contribution in [0, 0.1) is 12.8 Å². The number of hydrogen-bond acceptors (Lipinski definition) is 7. The summed E-state index contributed by atoms with van der Waals surface area (Å²) >= 11 is 0. The third kappa shape index (κ3) is 5.75. The summed E-state index contributed by atoms with van der Waals surface area (Å²) in [6.07, 6.45) is -0.830. The van der Waals surface area contributed by atoms with Gasteiger partial charge >= 0.3 is 12.1 Å². The number of aliphatic hydroxyl groups is 1. The van der Waals surface area contributed by atoms with Gasteiger partial charge < -0.3 is 29.0 Å². The van der Waals surface area contributed by atoms with Crippen LogP contribution in [-0.4, -0.2) is 41.3 Å². The second-order valence-electron chi connectivity index (χ2n) is 10.1. The molecule has 1 heterocycles. The summed E-state index contributed by atoms with van der Waals surface area (Å²) in [7, 11) is 1.43. The number of amides is 1. The number of nitrogens with zero attached hydrogens (tertiary/aromatic N) is 1. The van der Waals surface area contributed by atoms with Crippen molar-refractivity contribution < 1.29 is 33.6 Å². The lowest BCUT2D eigenvalue weighted by atomic mass is 9.96. The van der Waals surface area contributed by atoms with Crippen molar-refractivity contribution in [1.29, 1.82) is 0 Å². The molecule has 0 aromatic heterocycles. The molecule has 1 aliphatic rings. The minimum absolute atomic E-state index is 0.0633. The molecule has 8 nitrogen and oxygen atoms in total. The molecule has 196 valence electrons. The monoisotopic (exact) mass is 499 g/mol. The first-order valence-electron chi connectivity index (χ1n) is 12.3. The number of cyclic esters (lactones) is 1. The maximum absolute atomic E-state index is 13.1. The van der Waals surface area contributed by atoms with E-state index in [1.165, 1.54) is 7.11 Å². The van der Waals surface area contributed by atoms with E-state index in [2.05, 4.69) is 0 Å². The zero-order chi connectivity index (χ0) is 26.7. The van der Waals surface area contributed by atoms with Gasteiger partial charge in [-0.05, 0) is 76.8 Å². The van der Waals surface area contributed by atoms with E-state index in [1.54, 1.807) is 23.1 Å². The summed E-state index contributed by atoms with van der Waals surface area (Å²) in [4.78, 5) is 27.8. The molecule has 1 amide bonds. The van der Waals surface area contributed by atoms with Gasteiger partial charge in [0.2, 0.25) is 0 Å². The number of carbonyl (C=O) groups is 2. The number of carbonyl (C=O) groups excluding carboxylic acids is 2. The van der Waals surface area contributed by atoms with Gasteiger partial charge in [0.05, 0.1) is 13.2 Å². The van der Waals surface area contributed by atoms with E-state index in [9.17, 15) is 14.7 Å². The smallest absolute Gasteiger partial charge is 0.415 e. The van der Waals surface area contributed by atoms with Crippen molar-refractivity contribution in [2.45, 2.75) is 79.7 Å². The molecule has 1 N–H and O–H groups in total. The topological polar surface area (TPSA) is 94.5 Å². The van der Waals surface area contributed by atoms with Gasteiger partial charge in [-0.3, -0.25) is 0 Å². The standard InChI is InChI=1S/C28H37NO7/c1-15(2)11-21(30)20-9-10-22-24(26(20)33-8)27(31)34-14-19-12-18(7)13-23(25(19)35-22)36-28(32)29(16(3)4)17(5)6/h9-10,12-13,15-17,21,30H,11,14H2,1-8H3/t21-/m0/s1. The number of fused-ring (bicyclic) bond motifs is 2. The zero-order valence-electron chi connectivity index (χ0n) is 22.4. The van der Waals surface area contributed by atoms with E-state index < -0.39 is 18.2 Å². The van der Waals surface area contributed by atoms with Crippen LogP contribution >= 0.6 is 0 Å². The van der Waals surface area contributed by atoms with E-state index in [0.717, 1.165) is 5.56 Å². The molecular weight excluding hydrogens is 462 g/mol. The summed E-state index contributed by atoms with van der Waals surface area (Å²) in [6, 6.07) is 6.70. The number of methoxy groups -OCH3 is 1. The molecule has 2 aromatic rings. The van der Waals surface area contributed by atoms with Crippen molar-refractivity contribution in [2.75, 3.05) is 7.11 Å². The normalized spacial score (nSPS) is 13.8. The van der Waals surface area contributed by atoms with Gasteiger partial charge in [-0.15, -0.1) is 0 Å². The first-order valence-corrected chi connectivity index (χ1v) is 12.3. The Kier molecular flexibility index (Phi) is 8.51. The van der Waals surface area contributed by atoms with Crippen LogP contribution in [0.5, 0.6) is 23.0 Å². The molecule has 1 atom stereocenters. The van der Waals surface area contributed by atoms with Crippen LogP contribution in [-0.2, 0) is 11.3 Å². The molecule has 8 heteroatoms. The average molecular weight is 500 g/mol. The second-order valence-corrected chi connectivity index (χ2v) is 10.1. The van der Waals surface area contributed by atoms with Crippen molar-refractivity contribution in [3.05, 3.63) is 46.5 Å². The third-order valence-electron chi connectivity index (χ3n) is 5.98. The molecule has 1 aliphatic heterocycles. The van der Waals surface area contributed by atoms with Gasteiger partial charge in [-0.25, -0.2) is 9.59 Å². The number of esters is 1. The van der Waals surface area contributed by atoms with Crippen LogP contribution in [0.25, 0.3) is 0 Å². The Bertz CT molecular complexity index is 1120. The van der Waals surface area contributed by atoms with Gasteiger partial charge in [-0.1, -0.05) is 13.8 Å². The van der Waals surface area contributed by atoms with Crippen LogP contribution in [0.1, 0.15) is 81.1 Å². The highest BCUT2D eigenvalue weighted by Crippen LogP contribution is 2.44. The summed E-state index contributed by atoms with van der Waals surface area (Å²) < 4.78 is 23.2. The third-order valence-corrected chi connectivity index (χ3v) is 5.98. The molecule has 0 unspecified atom stereocenters. The van der Waals surface area contributed by atoms with E-state index >= 15 is 0 Å². The Labute approximate surface area is 213 Å². The van der Waals surface area contributed by atoms with Crippen LogP contribution in [0.3, 0.4) is 0 Å². The number of hydrogen-bond donors (Lipinski definition) is 1. The molecule has 0 saturated carbocycles. The van der Waals surface area contributed by atoms with Crippen molar-refractivity contribution in [3.63, 3.8) is 0 Å². The molecule has 0 fully saturated rings. The average Bonchev–Trinajstić information content (AvgIpc) is 2.76. The molecule has 0 bridgehead atoms. The summed E-state index contributed by atoms with van der Waals surface area (Å²) in [5.74, 6) is 0.505. The first-order chi connectivity index (χ1) is 16.9. The zero-order valence-corrected chi connectivity index (χ0v) is 22.4. The molecule has 0 spiro atoms. The summed E-state index contributed by atoms with van der Waals surface area (Å²) in [5.41, 5.74) is 1.95. The highest BCUT2D eigenvalue weighted by Gasteiger charge is 2.31. The predicted molar refractivity (Wildman–Crippen MR) is 136 cm³/mol. The maximum atomic E-state index is 13.1. The van der Waals surface area contributed by atoms with Crippen molar-refractivity contribution in [3.8, 4) is 23.0 Å². The van der Waals surface area contributed by atoms with E-state index in [4.69, 9.17) is 18.9 Å². The summed E-state index contributed by atoms with van der Waals surface area (Å²) in [6.45, 7) is 13.5. The van der Waals surface area contributed by atoms with Gasteiger partial charge in [0.25, 0.3) is 0 Å². The molecule has 36 heavy (non-hydrogen) atoms. The van der Waals surface area contributed by atoms with Crippen LogP contribution in [0.4, 0.5) is 4.79 Å². The Hall–Kier alpha value is -3.26. The Morgan fingerprint density at radius 2 is 1.78 bits per heavy atom. The number of aryl methyl sites for hydroxylation is 1. The van der Waals surface area contributed by atoms with Crippen LogP contribution < -0.4 is 14.2 Å². The number of rotatable bonds is 7. The molecular formula is C28H37NO7. The largest absolute Gasteiger partial charge is 0.495 e.